The van der Waals surface area contributed by atoms with Crippen molar-refractivity contribution in [2.45, 2.75) is 13.0 Å². The first-order valence-corrected chi connectivity index (χ1v) is 6.03. The Bertz CT molecular complexity index is 543. The maximum Gasteiger partial charge on any atom is 0.129 e. The van der Waals surface area contributed by atoms with Crippen LogP contribution in [0.3, 0.4) is 0 Å². The van der Waals surface area contributed by atoms with E-state index in [1.54, 1.807) is 6.20 Å². The number of hydrogen-bond donors (Lipinski definition) is 2. The summed E-state index contributed by atoms with van der Waals surface area (Å²) >= 11 is 3.42. The molecule has 0 aliphatic rings. The number of aliphatic hydroxyl groups excluding tert-OH is 1. The molecular weight excluding hydrogens is 280 g/mol. The van der Waals surface area contributed by atoms with Gasteiger partial charge in [-0.2, -0.15) is 0 Å². The van der Waals surface area contributed by atoms with Crippen molar-refractivity contribution in [3.8, 4) is 0 Å². The maximum atomic E-state index is 10.3. The third kappa shape index (κ3) is 2.48. The quantitative estimate of drug-likeness (QED) is 0.895. The fourth-order valence-corrected chi connectivity index (χ4v) is 2.19. The molecule has 0 fully saturated rings. The molecule has 0 saturated carbocycles. The lowest BCUT2D eigenvalue weighted by Crippen LogP contribution is -2.06. The molecule has 1 atom stereocenters. The van der Waals surface area contributed by atoms with Gasteiger partial charge in [0.2, 0.25) is 0 Å². The minimum Gasteiger partial charge on any atom is -0.383 e. The molecule has 1 heterocycles. The zero-order chi connectivity index (χ0) is 12.4. The summed E-state index contributed by atoms with van der Waals surface area (Å²) in [5.41, 5.74) is 8.18. The maximum absolute atomic E-state index is 10.3. The first kappa shape index (κ1) is 12.1. The number of nitrogens with two attached hydrogens (primary N) is 1. The minimum absolute atomic E-state index is 0.360. The Morgan fingerprint density at radius 2 is 2.00 bits per heavy atom. The van der Waals surface area contributed by atoms with Crippen LogP contribution in [0.25, 0.3) is 0 Å². The summed E-state index contributed by atoms with van der Waals surface area (Å²) in [4.78, 5) is 4.06. The molecule has 2 rings (SSSR count). The standard InChI is InChI=1S/C13H13BrN2O/c1-8-6-10(13(15)16-7-8)12(17)9-4-2-3-5-11(9)14/h2-7,12,17H,1H3,(H2,15,16). The second kappa shape index (κ2) is 4.85. The molecule has 0 amide bonds. The van der Waals surface area contributed by atoms with Crippen molar-refractivity contribution in [1.82, 2.24) is 4.98 Å². The molecule has 0 bridgehead atoms. The van der Waals surface area contributed by atoms with E-state index in [9.17, 15) is 5.11 Å². The van der Waals surface area contributed by atoms with Crippen molar-refractivity contribution in [1.29, 1.82) is 0 Å². The van der Waals surface area contributed by atoms with Crippen LogP contribution in [0.15, 0.2) is 41.0 Å². The zero-order valence-corrected chi connectivity index (χ0v) is 11.0. The average Bonchev–Trinajstić information content (AvgIpc) is 2.32. The lowest BCUT2D eigenvalue weighted by atomic mass is 10.0. The van der Waals surface area contributed by atoms with Crippen LogP contribution in [0.4, 0.5) is 5.82 Å². The van der Waals surface area contributed by atoms with Gasteiger partial charge in [0.25, 0.3) is 0 Å². The van der Waals surface area contributed by atoms with Crippen molar-refractivity contribution in [2.75, 3.05) is 5.73 Å². The highest BCUT2D eigenvalue weighted by Crippen LogP contribution is 2.30. The summed E-state index contributed by atoms with van der Waals surface area (Å²) in [6.07, 6.45) is 0.920. The largest absolute Gasteiger partial charge is 0.383 e. The molecule has 0 aliphatic heterocycles. The molecule has 0 aliphatic carbocycles. The number of benzene rings is 1. The molecule has 1 unspecified atom stereocenters. The highest BCUT2D eigenvalue weighted by molar-refractivity contribution is 9.10. The van der Waals surface area contributed by atoms with Crippen LogP contribution in [-0.2, 0) is 0 Å². The van der Waals surface area contributed by atoms with Crippen molar-refractivity contribution in [3.05, 3.63) is 57.7 Å². The van der Waals surface area contributed by atoms with Gasteiger partial charge < -0.3 is 10.8 Å². The molecule has 0 saturated heterocycles. The Morgan fingerprint density at radius 1 is 1.29 bits per heavy atom. The van der Waals surface area contributed by atoms with Gasteiger partial charge in [0.05, 0.1) is 0 Å². The topological polar surface area (TPSA) is 59.1 Å². The zero-order valence-electron chi connectivity index (χ0n) is 9.39. The van der Waals surface area contributed by atoms with E-state index < -0.39 is 6.10 Å². The second-order valence-corrected chi connectivity index (χ2v) is 4.77. The number of nitrogen functional groups attached to an aromatic ring is 1. The van der Waals surface area contributed by atoms with Gasteiger partial charge in [-0.05, 0) is 30.2 Å². The molecule has 88 valence electrons. The summed E-state index contributed by atoms with van der Waals surface area (Å²) in [5.74, 6) is 0.360. The summed E-state index contributed by atoms with van der Waals surface area (Å²) in [5, 5.41) is 10.3. The summed E-state index contributed by atoms with van der Waals surface area (Å²) in [6.45, 7) is 1.92. The minimum atomic E-state index is -0.766. The van der Waals surface area contributed by atoms with Crippen LogP contribution in [-0.4, -0.2) is 10.1 Å². The van der Waals surface area contributed by atoms with E-state index in [0.717, 1.165) is 15.6 Å². The van der Waals surface area contributed by atoms with Gasteiger partial charge in [0.15, 0.2) is 0 Å². The molecule has 1 aromatic carbocycles. The fraction of sp³-hybridized carbons (Fsp3) is 0.154. The van der Waals surface area contributed by atoms with Crippen LogP contribution in [0.1, 0.15) is 22.8 Å². The summed E-state index contributed by atoms with van der Waals surface area (Å²) < 4.78 is 0.855. The number of hydrogen-bond acceptors (Lipinski definition) is 3. The van der Waals surface area contributed by atoms with Crippen LogP contribution in [0, 0.1) is 6.92 Å². The third-order valence-corrected chi connectivity index (χ3v) is 3.30. The third-order valence-electron chi connectivity index (χ3n) is 2.58. The predicted molar refractivity (Wildman–Crippen MR) is 71.6 cm³/mol. The van der Waals surface area contributed by atoms with Crippen LogP contribution in [0.5, 0.6) is 0 Å². The van der Waals surface area contributed by atoms with Gasteiger partial charge in [0, 0.05) is 16.2 Å². The van der Waals surface area contributed by atoms with Gasteiger partial charge in [-0.15, -0.1) is 0 Å². The smallest absolute Gasteiger partial charge is 0.129 e. The van der Waals surface area contributed by atoms with Crippen LogP contribution >= 0.6 is 15.9 Å². The van der Waals surface area contributed by atoms with E-state index in [0.29, 0.717) is 11.4 Å². The van der Waals surface area contributed by atoms with E-state index in [-0.39, 0.29) is 0 Å². The Balaban J connectivity index is 2.47. The van der Waals surface area contributed by atoms with Gasteiger partial charge in [-0.3, -0.25) is 0 Å². The summed E-state index contributed by atoms with van der Waals surface area (Å²) in [7, 11) is 0. The number of halogens is 1. The Kier molecular flexibility index (Phi) is 3.45. The number of aryl methyl sites for hydroxylation is 1. The number of anilines is 1. The SMILES string of the molecule is Cc1cnc(N)c(C(O)c2ccccc2Br)c1. The highest BCUT2D eigenvalue weighted by atomic mass is 79.9. The van der Waals surface area contributed by atoms with Crippen molar-refractivity contribution < 1.29 is 5.11 Å². The molecule has 2 aromatic rings. The molecule has 1 aromatic heterocycles. The van der Waals surface area contributed by atoms with E-state index >= 15 is 0 Å². The number of rotatable bonds is 2. The number of nitrogens with zero attached hydrogens (tertiary/aromatic N) is 1. The van der Waals surface area contributed by atoms with E-state index in [1.807, 2.05) is 37.3 Å². The lowest BCUT2D eigenvalue weighted by molar-refractivity contribution is 0.220. The molecule has 3 N–H and O–H groups in total. The van der Waals surface area contributed by atoms with E-state index in [1.165, 1.54) is 0 Å². The fourth-order valence-electron chi connectivity index (χ4n) is 1.69. The molecule has 4 heteroatoms. The first-order chi connectivity index (χ1) is 8.09. The predicted octanol–water partition coefficient (Wildman–Crippen LogP) is 2.82. The Labute approximate surface area is 108 Å². The Morgan fingerprint density at radius 3 is 2.71 bits per heavy atom. The Hall–Kier alpha value is -1.39. The molecule has 0 radical (unpaired) electrons. The number of aliphatic hydroxyl groups is 1. The molecular formula is C13H13BrN2O. The summed E-state index contributed by atoms with van der Waals surface area (Å²) in [6, 6.07) is 9.38. The molecule has 0 spiro atoms. The molecule has 3 nitrogen and oxygen atoms in total. The first-order valence-electron chi connectivity index (χ1n) is 5.24. The monoisotopic (exact) mass is 292 g/mol. The van der Waals surface area contributed by atoms with Crippen molar-refractivity contribution in [2.24, 2.45) is 0 Å². The normalized spacial score (nSPS) is 12.4. The van der Waals surface area contributed by atoms with E-state index in [2.05, 4.69) is 20.9 Å². The number of aromatic nitrogens is 1. The average molecular weight is 293 g/mol. The van der Waals surface area contributed by atoms with Gasteiger partial charge >= 0.3 is 0 Å². The van der Waals surface area contributed by atoms with Gasteiger partial charge in [-0.25, -0.2) is 4.98 Å². The highest BCUT2D eigenvalue weighted by Gasteiger charge is 2.16. The van der Waals surface area contributed by atoms with Gasteiger partial charge in [-0.1, -0.05) is 34.1 Å². The van der Waals surface area contributed by atoms with Crippen molar-refractivity contribution >= 4 is 21.7 Å². The molecule has 17 heavy (non-hydrogen) atoms. The van der Waals surface area contributed by atoms with Crippen LogP contribution < -0.4 is 5.73 Å². The van der Waals surface area contributed by atoms with Crippen molar-refractivity contribution in [3.63, 3.8) is 0 Å². The lowest BCUT2D eigenvalue weighted by Gasteiger charge is -2.15. The van der Waals surface area contributed by atoms with E-state index in [4.69, 9.17) is 5.73 Å². The second-order valence-electron chi connectivity index (χ2n) is 3.91. The number of pyridine rings is 1. The van der Waals surface area contributed by atoms with Crippen LogP contribution in [0.2, 0.25) is 0 Å². The van der Waals surface area contributed by atoms with Gasteiger partial charge in [0.1, 0.15) is 11.9 Å².